The van der Waals surface area contributed by atoms with Crippen molar-refractivity contribution in [2.75, 3.05) is 48.1 Å². The van der Waals surface area contributed by atoms with Crippen molar-refractivity contribution in [2.45, 2.75) is 72.1 Å². The molecule has 3 amide bonds. The Morgan fingerprint density at radius 2 is 1.66 bits per heavy atom. The summed E-state index contributed by atoms with van der Waals surface area (Å²) in [4.78, 5) is 62.1. The number of carbonyl (C=O) groups is 3. The molecule has 0 spiro atoms. The fraction of sp³-hybridized carbons (Fsp3) is 0.463. The lowest BCUT2D eigenvalue weighted by molar-refractivity contribution is -0.385. The van der Waals surface area contributed by atoms with E-state index in [0.29, 0.717) is 57.6 Å². The number of ether oxygens (including phenoxy) is 5. The first-order chi connectivity index (χ1) is 27.6. The fourth-order valence-electron chi connectivity index (χ4n) is 6.55. The maximum Gasteiger partial charge on any atom is 0.345 e. The van der Waals surface area contributed by atoms with E-state index in [1.54, 1.807) is 58.0 Å². The number of hydrogen-bond acceptors (Lipinski definition) is 12. The van der Waals surface area contributed by atoms with Crippen molar-refractivity contribution < 1.29 is 47.8 Å². The summed E-state index contributed by atoms with van der Waals surface area (Å²) in [6.07, 6.45) is 1.04. The van der Waals surface area contributed by atoms with E-state index in [1.807, 2.05) is 11.8 Å². The smallest absolute Gasteiger partial charge is 0.345 e. The first-order valence-electron chi connectivity index (χ1n) is 18.8. The summed E-state index contributed by atoms with van der Waals surface area (Å²) in [6, 6.07) is 11.1. The van der Waals surface area contributed by atoms with Crippen LogP contribution in [-0.4, -0.2) is 92.2 Å². The molecule has 0 unspecified atom stereocenters. The van der Waals surface area contributed by atoms with Gasteiger partial charge in [-0.1, -0.05) is 36.2 Å². The molecule has 0 aromatic heterocycles. The topological polar surface area (TPSA) is 181 Å². The molecule has 1 aliphatic rings. The largest absolute Gasteiger partial charge is 0.496 e. The number of amidine groups is 1. The Morgan fingerprint density at radius 1 is 0.983 bits per heavy atom. The summed E-state index contributed by atoms with van der Waals surface area (Å²) in [6.45, 7) is 8.72. The van der Waals surface area contributed by atoms with Crippen molar-refractivity contribution in [1.82, 2.24) is 15.1 Å². The van der Waals surface area contributed by atoms with Gasteiger partial charge in [0, 0.05) is 29.8 Å². The van der Waals surface area contributed by atoms with Gasteiger partial charge >= 0.3 is 12.0 Å². The van der Waals surface area contributed by atoms with Gasteiger partial charge in [-0.3, -0.25) is 19.8 Å². The molecule has 17 heteroatoms. The van der Waals surface area contributed by atoms with Gasteiger partial charge < -0.3 is 38.7 Å². The van der Waals surface area contributed by atoms with Gasteiger partial charge in [-0.2, -0.15) is 0 Å². The van der Waals surface area contributed by atoms with Crippen molar-refractivity contribution in [3.05, 3.63) is 85.9 Å². The van der Waals surface area contributed by atoms with Gasteiger partial charge in [0.25, 0.3) is 5.69 Å². The molecule has 2 atom stereocenters. The molecule has 4 rings (SSSR count). The zero-order valence-corrected chi connectivity index (χ0v) is 35.1. The molecule has 1 saturated heterocycles. The molecule has 16 nitrogen and oxygen atoms in total. The minimum absolute atomic E-state index is 0.0687. The monoisotopic (exact) mass is 825 g/mol. The number of nitro groups is 1. The van der Waals surface area contributed by atoms with E-state index in [9.17, 15) is 24.5 Å². The quantitative estimate of drug-likeness (QED) is 0.0864. The maximum atomic E-state index is 14.7. The third kappa shape index (κ3) is 11.2. The lowest BCUT2D eigenvalue weighted by atomic mass is 9.96. The highest BCUT2D eigenvalue weighted by atomic mass is 35.5. The number of benzene rings is 3. The summed E-state index contributed by atoms with van der Waals surface area (Å²) < 4.78 is 28.0. The van der Waals surface area contributed by atoms with Gasteiger partial charge in [-0.05, 0) is 75.9 Å². The molecule has 314 valence electrons. The molecule has 0 radical (unpaired) electrons. The van der Waals surface area contributed by atoms with Crippen molar-refractivity contribution in [2.24, 2.45) is 11.1 Å². The SMILES string of the molecule is CCC[C@@H](NC(=O)N1C/C(=N/OCC)N(Cc2c(OC)cc(OC)cc2OC)C[C@@H](Cc2cc(Cl)ccc2OC)C1=O)c1ccc(C(=O)OC(C)(C)C)c([N+](=O)[O-])c1. The Kier molecular flexibility index (Phi) is 15.6. The standard InChI is InChI=1S/C41H52ClN5O11/c1-10-12-32(25-13-15-30(33(19-25)47(51)52)39(49)58-41(3,4)5)43-40(50)46-24-37(44-57-11-2)45(23-31-35(55-8)20-29(53-6)21-36(31)56-9)22-27(38(46)48)17-26-18-28(42)14-16-34(26)54-7/h13-16,18-21,27,32H,10-12,17,22-24H2,1-9H3,(H,43,50)/b44-37-/t27-,32-/m1/s1. The summed E-state index contributed by atoms with van der Waals surface area (Å²) in [5.74, 6) is -0.0520. The number of nitrogens with one attached hydrogen (secondary N) is 1. The minimum Gasteiger partial charge on any atom is -0.496 e. The number of carbonyl (C=O) groups excluding carboxylic acids is 3. The van der Waals surface area contributed by atoms with Crippen LogP contribution < -0.4 is 24.3 Å². The van der Waals surface area contributed by atoms with E-state index < -0.39 is 46.1 Å². The average Bonchev–Trinajstić information content (AvgIpc) is 3.31. The Labute approximate surface area is 343 Å². The number of nitrogens with zero attached hydrogens (tertiary/aromatic N) is 4. The molecule has 58 heavy (non-hydrogen) atoms. The predicted octanol–water partition coefficient (Wildman–Crippen LogP) is 7.34. The Bertz CT molecular complexity index is 1980. The second-order valence-electron chi connectivity index (χ2n) is 14.4. The summed E-state index contributed by atoms with van der Waals surface area (Å²) in [7, 11) is 6.08. The Hall–Kier alpha value is -5.77. The Balaban J connectivity index is 1.80. The van der Waals surface area contributed by atoms with Crippen LogP contribution in [0.3, 0.4) is 0 Å². The van der Waals surface area contributed by atoms with Crippen LogP contribution in [-0.2, 0) is 27.3 Å². The molecule has 1 aliphatic heterocycles. The number of rotatable bonds is 16. The van der Waals surface area contributed by atoms with Gasteiger partial charge in [0.1, 0.15) is 40.8 Å². The molecule has 1 fully saturated rings. The third-order valence-corrected chi connectivity index (χ3v) is 9.49. The normalized spacial score (nSPS) is 15.7. The lowest BCUT2D eigenvalue weighted by Gasteiger charge is -2.27. The summed E-state index contributed by atoms with van der Waals surface area (Å²) >= 11 is 6.41. The zero-order valence-electron chi connectivity index (χ0n) is 34.4. The maximum absolute atomic E-state index is 14.7. The second-order valence-corrected chi connectivity index (χ2v) is 14.9. The number of amides is 3. The van der Waals surface area contributed by atoms with Gasteiger partial charge in [0.2, 0.25) is 5.91 Å². The summed E-state index contributed by atoms with van der Waals surface area (Å²) in [5.41, 5.74) is 0.0347. The highest BCUT2D eigenvalue weighted by Crippen LogP contribution is 2.37. The number of nitro benzene ring substituents is 1. The van der Waals surface area contributed by atoms with Gasteiger partial charge in [0.15, 0.2) is 5.84 Å². The molecule has 0 saturated carbocycles. The van der Waals surface area contributed by atoms with Crippen LogP contribution >= 0.6 is 11.6 Å². The average molecular weight is 826 g/mol. The van der Waals surface area contributed by atoms with E-state index in [0.717, 1.165) is 4.90 Å². The van der Waals surface area contributed by atoms with Gasteiger partial charge in [-0.15, -0.1) is 0 Å². The van der Waals surface area contributed by atoms with Crippen LogP contribution in [0, 0.1) is 16.0 Å². The van der Waals surface area contributed by atoms with E-state index >= 15 is 0 Å². The molecule has 3 aromatic rings. The van der Waals surface area contributed by atoms with Crippen LogP contribution in [0.15, 0.2) is 53.7 Å². The van der Waals surface area contributed by atoms with E-state index in [-0.39, 0.29) is 44.1 Å². The molecule has 1 N–H and O–H groups in total. The molecular weight excluding hydrogens is 774 g/mol. The number of urea groups is 1. The Morgan fingerprint density at radius 3 is 2.22 bits per heavy atom. The summed E-state index contributed by atoms with van der Waals surface area (Å²) in [5, 5.41) is 20.0. The number of hydrogen-bond donors (Lipinski definition) is 1. The highest BCUT2D eigenvalue weighted by molar-refractivity contribution is 6.30. The van der Waals surface area contributed by atoms with Crippen molar-refractivity contribution >= 4 is 41.0 Å². The van der Waals surface area contributed by atoms with Crippen LogP contribution in [0.25, 0.3) is 0 Å². The molecule has 0 bridgehead atoms. The molecule has 0 aliphatic carbocycles. The van der Waals surface area contributed by atoms with Crippen molar-refractivity contribution in [3.8, 4) is 23.0 Å². The number of halogens is 1. The molecule has 1 heterocycles. The lowest BCUT2D eigenvalue weighted by Crippen LogP contribution is -2.48. The van der Waals surface area contributed by atoms with E-state index in [4.69, 9.17) is 40.1 Å². The first-order valence-corrected chi connectivity index (χ1v) is 19.1. The third-order valence-electron chi connectivity index (χ3n) is 9.25. The number of oxime groups is 1. The fourth-order valence-corrected chi connectivity index (χ4v) is 6.75. The minimum atomic E-state index is -0.884. The predicted molar refractivity (Wildman–Crippen MR) is 217 cm³/mol. The number of imide groups is 1. The van der Waals surface area contributed by atoms with E-state index in [1.165, 1.54) is 46.6 Å². The van der Waals surface area contributed by atoms with Crippen LogP contribution in [0.5, 0.6) is 23.0 Å². The van der Waals surface area contributed by atoms with Crippen LogP contribution in [0.2, 0.25) is 5.02 Å². The molecule has 3 aromatic carbocycles. The van der Waals surface area contributed by atoms with Gasteiger partial charge in [-0.25, -0.2) is 9.59 Å². The van der Waals surface area contributed by atoms with Crippen LogP contribution in [0.4, 0.5) is 10.5 Å². The number of esters is 1. The second kappa shape index (κ2) is 20.1. The first kappa shape index (κ1) is 44.9. The van der Waals surface area contributed by atoms with Crippen LogP contribution in [0.1, 0.15) is 80.6 Å². The highest BCUT2D eigenvalue weighted by Gasteiger charge is 2.39. The van der Waals surface area contributed by atoms with Crippen molar-refractivity contribution in [3.63, 3.8) is 0 Å². The zero-order chi connectivity index (χ0) is 42.7. The van der Waals surface area contributed by atoms with E-state index in [2.05, 4.69) is 10.5 Å². The number of methoxy groups -OCH3 is 4. The van der Waals surface area contributed by atoms with Gasteiger partial charge in [0.05, 0.1) is 64.0 Å². The van der Waals surface area contributed by atoms with Crippen molar-refractivity contribution in [1.29, 1.82) is 0 Å². The molecular formula is C41H52ClN5O11.